The first-order valence-corrected chi connectivity index (χ1v) is 7.85. The molecule has 0 saturated heterocycles. The van der Waals surface area contributed by atoms with Crippen molar-refractivity contribution in [2.75, 3.05) is 6.54 Å². The van der Waals surface area contributed by atoms with Gasteiger partial charge in [0.25, 0.3) is 5.91 Å². The van der Waals surface area contributed by atoms with Crippen LogP contribution < -0.4 is 5.32 Å². The molecule has 1 saturated carbocycles. The summed E-state index contributed by atoms with van der Waals surface area (Å²) < 4.78 is 4.97. The SMILES string of the molecule is Cc1noc2c1C(=O)c1sc(C(=O)NCC3CC3)cc1C2=O. The molecule has 1 N–H and O–H groups in total. The summed E-state index contributed by atoms with van der Waals surface area (Å²) in [5.74, 6) is -0.382. The monoisotopic (exact) mass is 316 g/mol. The topological polar surface area (TPSA) is 89.3 Å². The van der Waals surface area contributed by atoms with Crippen molar-refractivity contribution in [3.8, 4) is 0 Å². The average molecular weight is 316 g/mol. The minimum absolute atomic E-state index is 0.0299. The average Bonchev–Trinajstić information content (AvgIpc) is 3.07. The van der Waals surface area contributed by atoms with E-state index >= 15 is 0 Å². The van der Waals surface area contributed by atoms with Crippen molar-refractivity contribution < 1.29 is 18.9 Å². The lowest BCUT2D eigenvalue weighted by atomic mass is 9.93. The molecule has 0 bridgehead atoms. The van der Waals surface area contributed by atoms with E-state index in [2.05, 4.69) is 10.5 Å². The molecule has 7 heteroatoms. The molecule has 0 aromatic carbocycles. The van der Waals surface area contributed by atoms with E-state index in [1.165, 1.54) is 6.07 Å². The van der Waals surface area contributed by atoms with Crippen LogP contribution in [-0.4, -0.2) is 29.2 Å². The van der Waals surface area contributed by atoms with Gasteiger partial charge in [0.05, 0.1) is 21.0 Å². The number of nitrogens with zero attached hydrogens (tertiary/aromatic N) is 1. The number of carbonyl (C=O) groups excluding carboxylic acids is 3. The van der Waals surface area contributed by atoms with Gasteiger partial charge in [0, 0.05) is 12.1 Å². The van der Waals surface area contributed by atoms with Gasteiger partial charge in [0.15, 0.2) is 0 Å². The van der Waals surface area contributed by atoms with Crippen LogP contribution >= 0.6 is 11.3 Å². The van der Waals surface area contributed by atoms with Crippen LogP contribution in [0.4, 0.5) is 0 Å². The van der Waals surface area contributed by atoms with Crippen molar-refractivity contribution in [2.45, 2.75) is 19.8 Å². The molecule has 1 amide bonds. The molecule has 2 aromatic rings. The van der Waals surface area contributed by atoms with Crippen molar-refractivity contribution in [1.29, 1.82) is 0 Å². The second-order valence-electron chi connectivity index (χ2n) is 5.64. The lowest BCUT2D eigenvalue weighted by Gasteiger charge is -2.07. The number of aromatic nitrogens is 1. The van der Waals surface area contributed by atoms with Gasteiger partial charge in [-0.3, -0.25) is 14.4 Å². The second kappa shape index (κ2) is 4.61. The van der Waals surface area contributed by atoms with Gasteiger partial charge in [-0.2, -0.15) is 0 Å². The lowest BCUT2D eigenvalue weighted by molar-refractivity contribution is 0.0954. The summed E-state index contributed by atoms with van der Waals surface area (Å²) in [7, 11) is 0. The van der Waals surface area contributed by atoms with Gasteiger partial charge >= 0.3 is 0 Å². The molecule has 2 aromatic heterocycles. The highest BCUT2D eigenvalue weighted by Crippen LogP contribution is 2.34. The van der Waals surface area contributed by atoms with E-state index in [-0.39, 0.29) is 34.4 Å². The zero-order valence-corrected chi connectivity index (χ0v) is 12.6. The quantitative estimate of drug-likeness (QED) is 0.798. The second-order valence-corrected chi connectivity index (χ2v) is 6.69. The number of rotatable bonds is 3. The molecule has 0 atom stereocenters. The minimum atomic E-state index is -0.386. The number of aryl methyl sites for hydroxylation is 1. The van der Waals surface area contributed by atoms with E-state index in [9.17, 15) is 14.4 Å². The number of hydrogen-bond donors (Lipinski definition) is 1. The predicted molar refractivity (Wildman–Crippen MR) is 77.5 cm³/mol. The van der Waals surface area contributed by atoms with Crippen LogP contribution in [0.2, 0.25) is 0 Å². The fourth-order valence-electron chi connectivity index (χ4n) is 2.51. The largest absolute Gasteiger partial charge is 0.352 e. The molecule has 1 fully saturated rings. The molecule has 4 rings (SSSR count). The fraction of sp³-hybridized carbons (Fsp3) is 0.333. The number of fused-ring (bicyclic) bond motifs is 2. The molecule has 0 unspecified atom stereocenters. The van der Waals surface area contributed by atoms with Gasteiger partial charge in [-0.05, 0) is 31.7 Å². The third-order valence-electron chi connectivity index (χ3n) is 3.95. The van der Waals surface area contributed by atoms with Crippen LogP contribution in [-0.2, 0) is 0 Å². The van der Waals surface area contributed by atoms with Gasteiger partial charge in [-0.1, -0.05) is 5.16 Å². The standard InChI is InChI=1S/C15H12N2O4S/c1-6-10-12(19)14-8(11(18)13(10)21-17-6)4-9(22-14)15(20)16-5-7-2-3-7/h4,7H,2-3,5H2,1H3,(H,16,20). The number of carbonyl (C=O) groups is 3. The third kappa shape index (κ3) is 1.93. The summed E-state index contributed by atoms with van der Waals surface area (Å²) >= 11 is 1.05. The Bertz CT molecular complexity index is 829. The molecule has 2 heterocycles. The molecular formula is C15H12N2O4S. The first-order chi connectivity index (χ1) is 10.6. The molecule has 112 valence electrons. The van der Waals surface area contributed by atoms with Crippen molar-refractivity contribution >= 4 is 28.8 Å². The zero-order chi connectivity index (χ0) is 15.4. The highest BCUT2D eigenvalue weighted by atomic mass is 32.1. The molecule has 2 aliphatic rings. The molecule has 0 spiro atoms. The van der Waals surface area contributed by atoms with Crippen LogP contribution in [0.15, 0.2) is 10.6 Å². The number of amides is 1. The Morgan fingerprint density at radius 2 is 2.18 bits per heavy atom. The van der Waals surface area contributed by atoms with Crippen LogP contribution in [0.25, 0.3) is 0 Å². The summed E-state index contributed by atoms with van der Waals surface area (Å²) in [6.07, 6.45) is 2.29. The Morgan fingerprint density at radius 1 is 1.41 bits per heavy atom. The zero-order valence-electron chi connectivity index (χ0n) is 11.8. The number of thiophene rings is 1. The number of ketones is 2. The first kappa shape index (κ1) is 13.4. The van der Waals surface area contributed by atoms with E-state index in [0.717, 1.165) is 24.2 Å². The summed E-state index contributed by atoms with van der Waals surface area (Å²) in [5, 5.41) is 6.52. The normalized spacial score (nSPS) is 16.4. The molecule has 22 heavy (non-hydrogen) atoms. The third-order valence-corrected chi connectivity index (χ3v) is 5.08. The van der Waals surface area contributed by atoms with Gasteiger partial charge in [0.2, 0.25) is 17.3 Å². The van der Waals surface area contributed by atoms with Gasteiger partial charge in [-0.25, -0.2) is 0 Å². The van der Waals surface area contributed by atoms with Crippen molar-refractivity contribution in [3.05, 3.63) is 38.4 Å². The van der Waals surface area contributed by atoms with Crippen molar-refractivity contribution in [2.24, 2.45) is 5.92 Å². The maximum atomic E-state index is 12.5. The smallest absolute Gasteiger partial charge is 0.261 e. The summed E-state index contributed by atoms with van der Waals surface area (Å²) in [5.41, 5.74) is 0.839. The van der Waals surface area contributed by atoms with E-state index in [1.807, 2.05) is 0 Å². The maximum Gasteiger partial charge on any atom is 0.261 e. The Labute approximate surface area is 129 Å². The Morgan fingerprint density at radius 3 is 2.91 bits per heavy atom. The van der Waals surface area contributed by atoms with E-state index in [4.69, 9.17) is 4.52 Å². The lowest BCUT2D eigenvalue weighted by Crippen LogP contribution is -2.24. The van der Waals surface area contributed by atoms with Crippen LogP contribution in [0.1, 0.15) is 59.6 Å². The van der Waals surface area contributed by atoms with E-state index < -0.39 is 0 Å². The maximum absolute atomic E-state index is 12.5. The molecule has 0 radical (unpaired) electrons. The van der Waals surface area contributed by atoms with Gasteiger partial charge < -0.3 is 9.84 Å². The number of hydrogen-bond acceptors (Lipinski definition) is 6. The minimum Gasteiger partial charge on any atom is -0.352 e. The first-order valence-electron chi connectivity index (χ1n) is 7.04. The summed E-state index contributed by atoms with van der Waals surface area (Å²) in [6.45, 7) is 2.27. The molecule has 2 aliphatic carbocycles. The summed E-state index contributed by atoms with van der Waals surface area (Å²) in [6, 6.07) is 1.48. The van der Waals surface area contributed by atoms with Gasteiger partial charge in [0.1, 0.15) is 0 Å². The summed E-state index contributed by atoms with van der Waals surface area (Å²) in [4.78, 5) is 37.6. The Kier molecular flexibility index (Phi) is 2.80. The molecular weight excluding hydrogens is 304 g/mol. The fourth-order valence-corrected chi connectivity index (χ4v) is 3.53. The van der Waals surface area contributed by atoms with Gasteiger partial charge in [-0.15, -0.1) is 11.3 Å². The predicted octanol–water partition coefficient (Wildman–Crippen LogP) is 1.96. The molecule has 0 aliphatic heterocycles. The molecule has 6 nitrogen and oxygen atoms in total. The van der Waals surface area contributed by atoms with Crippen LogP contribution in [0.5, 0.6) is 0 Å². The Hall–Kier alpha value is -2.28. The van der Waals surface area contributed by atoms with Crippen LogP contribution in [0.3, 0.4) is 0 Å². The van der Waals surface area contributed by atoms with E-state index in [1.54, 1.807) is 6.92 Å². The van der Waals surface area contributed by atoms with Crippen LogP contribution in [0, 0.1) is 12.8 Å². The Balaban J connectivity index is 1.68. The highest BCUT2D eigenvalue weighted by molar-refractivity contribution is 7.16. The highest BCUT2D eigenvalue weighted by Gasteiger charge is 2.38. The van der Waals surface area contributed by atoms with E-state index in [0.29, 0.717) is 27.9 Å². The number of nitrogens with one attached hydrogen (secondary N) is 1. The van der Waals surface area contributed by atoms with Crippen molar-refractivity contribution in [3.63, 3.8) is 0 Å². The van der Waals surface area contributed by atoms with Crippen molar-refractivity contribution in [1.82, 2.24) is 10.5 Å².